The van der Waals surface area contributed by atoms with Crippen LogP contribution in [-0.2, 0) is 14.3 Å². The molecule has 2 rings (SSSR count). The minimum atomic E-state index is -0.0210. The normalized spacial score (nSPS) is 35.0. The highest BCUT2D eigenvalue weighted by Crippen LogP contribution is 2.39. The Hall–Kier alpha value is -0.353. The average Bonchev–Trinajstić information content (AvgIpc) is 2.79. The Balaban J connectivity index is 1.75. The largest absolute Gasteiger partial charge is 0.465 e. The second kappa shape index (κ2) is 4.44. The maximum atomic E-state index is 11.6. The van der Waals surface area contributed by atoms with Gasteiger partial charge in [0.05, 0.1) is 24.7 Å². The molecule has 2 aliphatic heterocycles. The van der Waals surface area contributed by atoms with Crippen LogP contribution in [0.15, 0.2) is 0 Å². The first kappa shape index (κ1) is 10.2. The lowest BCUT2D eigenvalue weighted by Gasteiger charge is -2.16. The number of carbonyl (C=O) groups is 1. The maximum absolute atomic E-state index is 11.6. The Morgan fingerprint density at radius 2 is 2.36 bits per heavy atom. The van der Waals surface area contributed by atoms with Crippen LogP contribution in [-0.4, -0.2) is 35.0 Å². The summed E-state index contributed by atoms with van der Waals surface area (Å²) >= 11 is 0. The van der Waals surface area contributed by atoms with Crippen LogP contribution in [0.2, 0.25) is 6.04 Å². The molecule has 2 saturated heterocycles. The first-order valence-corrected chi connectivity index (χ1v) is 7.04. The Morgan fingerprint density at radius 3 is 2.93 bits per heavy atom. The summed E-state index contributed by atoms with van der Waals surface area (Å²) in [5, 5.41) is 0. The van der Waals surface area contributed by atoms with Crippen LogP contribution in [0.25, 0.3) is 0 Å². The van der Waals surface area contributed by atoms with Gasteiger partial charge >= 0.3 is 5.97 Å². The molecule has 80 valence electrons. The molecule has 0 aliphatic carbocycles. The van der Waals surface area contributed by atoms with Crippen molar-refractivity contribution in [1.82, 2.24) is 0 Å². The summed E-state index contributed by atoms with van der Waals surface area (Å²) < 4.78 is 10.8. The maximum Gasteiger partial charge on any atom is 0.311 e. The first-order chi connectivity index (χ1) is 6.81. The van der Waals surface area contributed by atoms with Gasteiger partial charge in [-0.2, -0.15) is 0 Å². The van der Waals surface area contributed by atoms with Crippen molar-refractivity contribution in [3.8, 4) is 0 Å². The molecule has 0 radical (unpaired) electrons. The number of carbonyl (C=O) groups excluding carboxylic acids is 1. The molecule has 3 nitrogen and oxygen atoms in total. The van der Waals surface area contributed by atoms with E-state index in [0.717, 1.165) is 25.7 Å². The highest BCUT2D eigenvalue weighted by atomic mass is 28.1. The summed E-state index contributed by atoms with van der Waals surface area (Å²) in [6, 6.07) is 1.21. The fraction of sp³-hybridized carbons (Fsp3) is 0.900. The minimum absolute atomic E-state index is 0.0210. The summed E-state index contributed by atoms with van der Waals surface area (Å²) in [7, 11) is 1.20. The fourth-order valence-corrected chi connectivity index (χ4v) is 2.60. The van der Waals surface area contributed by atoms with E-state index in [-0.39, 0.29) is 18.0 Å². The Labute approximate surface area is 87.6 Å². The van der Waals surface area contributed by atoms with Crippen molar-refractivity contribution in [2.75, 3.05) is 6.61 Å². The second-order valence-corrected chi connectivity index (χ2v) is 5.24. The summed E-state index contributed by atoms with van der Waals surface area (Å²) in [4.78, 5) is 11.6. The zero-order valence-electron chi connectivity index (χ0n) is 8.70. The summed E-state index contributed by atoms with van der Waals surface area (Å²) in [5.41, 5.74) is 0. The lowest BCUT2D eigenvalue weighted by atomic mass is 9.89. The summed E-state index contributed by atoms with van der Waals surface area (Å²) in [6.45, 7) is 0.607. The number of rotatable bonds is 4. The van der Waals surface area contributed by atoms with Crippen LogP contribution in [0.1, 0.15) is 25.7 Å². The highest BCUT2D eigenvalue weighted by Gasteiger charge is 2.45. The van der Waals surface area contributed by atoms with Gasteiger partial charge in [0, 0.05) is 10.2 Å². The molecule has 14 heavy (non-hydrogen) atoms. The van der Waals surface area contributed by atoms with E-state index in [1.54, 1.807) is 0 Å². The number of ether oxygens (including phenoxy) is 2. The molecule has 3 atom stereocenters. The second-order valence-electron chi connectivity index (χ2n) is 4.24. The Morgan fingerprint density at radius 1 is 1.50 bits per heavy atom. The van der Waals surface area contributed by atoms with Gasteiger partial charge in [-0.05, 0) is 25.7 Å². The van der Waals surface area contributed by atoms with Crippen LogP contribution >= 0.6 is 0 Å². The highest BCUT2D eigenvalue weighted by molar-refractivity contribution is 6.08. The van der Waals surface area contributed by atoms with Crippen LogP contribution < -0.4 is 0 Å². The van der Waals surface area contributed by atoms with Crippen molar-refractivity contribution in [2.45, 2.75) is 43.9 Å². The molecule has 0 aromatic heterocycles. The average molecular weight is 214 g/mol. The van der Waals surface area contributed by atoms with Crippen molar-refractivity contribution < 1.29 is 14.3 Å². The summed E-state index contributed by atoms with van der Waals surface area (Å²) in [5.74, 6) is 0.0233. The molecule has 2 fully saturated rings. The number of hydrogen-bond donors (Lipinski definition) is 0. The third-order valence-electron chi connectivity index (χ3n) is 3.15. The Bertz CT molecular complexity index is 219. The molecule has 4 heteroatoms. The Kier molecular flexibility index (Phi) is 3.23. The monoisotopic (exact) mass is 214 g/mol. The zero-order chi connectivity index (χ0) is 9.97. The van der Waals surface area contributed by atoms with Crippen LogP contribution in [0, 0.1) is 5.92 Å². The van der Waals surface area contributed by atoms with E-state index in [0.29, 0.717) is 12.7 Å². The molecule has 0 N–H and O–H groups in total. The van der Waals surface area contributed by atoms with Crippen molar-refractivity contribution in [3.05, 3.63) is 0 Å². The molecule has 0 amide bonds. The van der Waals surface area contributed by atoms with Gasteiger partial charge in [-0.3, -0.25) is 4.79 Å². The molecule has 2 aliphatic rings. The van der Waals surface area contributed by atoms with E-state index in [1.165, 1.54) is 16.3 Å². The molecule has 2 bridgehead atoms. The predicted octanol–water partition coefficient (Wildman–Crippen LogP) is 0.271. The van der Waals surface area contributed by atoms with Crippen LogP contribution in [0.5, 0.6) is 0 Å². The molecule has 2 heterocycles. The van der Waals surface area contributed by atoms with Gasteiger partial charge in [-0.15, -0.1) is 0 Å². The lowest BCUT2D eigenvalue weighted by molar-refractivity contribution is -0.150. The van der Waals surface area contributed by atoms with Crippen molar-refractivity contribution in [1.29, 1.82) is 0 Å². The van der Waals surface area contributed by atoms with E-state index in [1.807, 2.05) is 0 Å². The van der Waals surface area contributed by atoms with E-state index < -0.39 is 0 Å². The third kappa shape index (κ3) is 2.01. The quantitative estimate of drug-likeness (QED) is 0.383. The first-order valence-electron chi connectivity index (χ1n) is 5.63. The van der Waals surface area contributed by atoms with Gasteiger partial charge in [-0.1, -0.05) is 6.04 Å². The van der Waals surface area contributed by atoms with Gasteiger partial charge < -0.3 is 9.47 Å². The minimum Gasteiger partial charge on any atom is -0.465 e. The molecule has 0 saturated carbocycles. The smallest absolute Gasteiger partial charge is 0.311 e. The van der Waals surface area contributed by atoms with Crippen LogP contribution in [0.3, 0.4) is 0 Å². The van der Waals surface area contributed by atoms with Gasteiger partial charge in [0.1, 0.15) is 0 Å². The van der Waals surface area contributed by atoms with Crippen molar-refractivity contribution in [3.63, 3.8) is 0 Å². The zero-order valence-corrected chi connectivity index (χ0v) is 10.7. The topological polar surface area (TPSA) is 35.5 Å². The van der Waals surface area contributed by atoms with Crippen molar-refractivity contribution in [2.24, 2.45) is 5.92 Å². The van der Waals surface area contributed by atoms with Gasteiger partial charge in [0.25, 0.3) is 0 Å². The molecule has 0 aromatic rings. The number of hydrogen-bond acceptors (Lipinski definition) is 3. The van der Waals surface area contributed by atoms with Crippen molar-refractivity contribution >= 4 is 16.2 Å². The van der Waals surface area contributed by atoms with Gasteiger partial charge in [0.2, 0.25) is 0 Å². The molecular weight excluding hydrogens is 196 g/mol. The van der Waals surface area contributed by atoms with Gasteiger partial charge in [0.15, 0.2) is 0 Å². The SMILES string of the molecule is O=C(OCCC[SiH3])C1CC2CCC1O2. The summed E-state index contributed by atoms with van der Waals surface area (Å²) in [6.07, 6.45) is 4.61. The number of fused-ring (bicyclic) bond motifs is 2. The molecule has 0 spiro atoms. The van der Waals surface area contributed by atoms with E-state index in [2.05, 4.69) is 0 Å². The van der Waals surface area contributed by atoms with E-state index >= 15 is 0 Å². The number of esters is 1. The molecule has 3 unspecified atom stereocenters. The predicted molar refractivity (Wildman–Crippen MR) is 56.3 cm³/mol. The molecular formula is C10H18O3Si. The fourth-order valence-electron chi connectivity index (χ4n) is 2.31. The van der Waals surface area contributed by atoms with Crippen LogP contribution in [0.4, 0.5) is 0 Å². The standard InChI is InChI=1S/C10H18O3Si/c11-10(12-4-1-5-14)8-6-7-2-3-9(8)13-7/h7-9H,1-6H2,14H3. The third-order valence-corrected chi connectivity index (χ3v) is 3.86. The van der Waals surface area contributed by atoms with E-state index in [4.69, 9.17) is 9.47 Å². The lowest BCUT2D eigenvalue weighted by Crippen LogP contribution is -2.27. The van der Waals surface area contributed by atoms with Gasteiger partial charge in [-0.25, -0.2) is 0 Å². The van der Waals surface area contributed by atoms with E-state index in [9.17, 15) is 4.79 Å². The molecule has 0 aromatic carbocycles.